The van der Waals surface area contributed by atoms with Gasteiger partial charge in [0, 0.05) is 18.8 Å². The number of hydrogen-bond donors (Lipinski definition) is 1. The van der Waals surface area contributed by atoms with Crippen LogP contribution in [0.4, 0.5) is 10.5 Å². The van der Waals surface area contributed by atoms with E-state index >= 15 is 0 Å². The van der Waals surface area contributed by atoms with E-state index < -0.39 is 0 Å². The molecule has 126 valence electrons. The molecule has 1 aromatic rings. The van der Waals surface area contributed by atoms with Gasteiger partial charge >= 0.3 is 6.09 Å². The lowest BCUT2D eigenvalue weighted by Crippen LogP contribution is -2.44. The summed E-state index contributed by atoms with van der Waals surface area (Å²) in [4.78, 5) is 26.1. The van der Waals surface area contributed by atoms with E-state index in [0.29, 0.717) is 19.7 Å². The highest BCUT2D eigenvalue weighted by Crippen LogP contribution is 2.20. The van der Waals surface area contributed by atoms with E-state index in [0.717, 1.165) is 36.9 Å². The van der Waals surface area contributed by atoms with Crippen molar-refractivity contribution >= 4 is 17.7 Å². The molecule has 1 atom stereocenters. The van der Waals surface area contributed by atoms with E-state index in [1.807, 2.05) is 31.2 Å². The summed E-state index contributed by atoms with van der Waals surface area (Å²) in [7, 11) is 0. The summed E-state index contributed by atoms with van der Waals surface area (Å²) in [6.07, 6.45) is 3.20. The molecule has 0 radical (unpaired) electrons. The first-order chi connectivity index (χ1) is 11.1. The number of piperidine rings is 1. The van der Waals surface area contributed by atoms with E-state index in [9.17, 15) is 9.59 Å². The first kappa shape index (κ1) is 17.3. The Balaban J connectivity index is 1.87. The standard InChI is InChI=1S/C18H26N2O3/c1-3-4-11-23-18(22)20-10-6-8-15(13-20)17(21)19-16-9-5-7-14(2)12-16/h5,7,9,12,15H,3-4,6,8,10-11,13H2,1-2H3,(H,19,21). The Bertz CT molecular complexity index is 545. The molecule has 2 amide bonds. The normalized spacial score (nSPS) is 17.7. The third-order valence-electron chi connectivity index (χ3n) is 4.06. The molecule has 5 nitrogen and oxygen atoms in total. The molecular weight excluding hydrogens is 292 g/mol. The van der Waals surface area contributed by atoms with Crippen molar-refractivity contribution in [1.29, 1.82) is 0 Å². The average molecular weight is 318 g/mol. The van der Waals surface area contributed by atoms with Crippen molar-refractivity contribution in [3.8, 4) is 0 Å². The van der Waals surface area contributed by atoms with Gasteiger partial charge in [0.2, 0.25) is 5.91 Å². The number of rotatable bonds is 5. The van der Waals surface area contributed by atoms with Gasteiger partial charge in [-0.15, -0.1) is 0 Å². The number of hydrogen-bond acceptors (Lipinski definition) is 3. The maximum absolute atomic E-state index is 12.4. The predicted molar refractivity (Wildman–Crippen MR) is 90.4 cm³/mol. The molecule has 0 aromatic heterocycles. The van der Waals surface area contributed by atoms with Gasteiger partial charge in [-0.1, -0.05) is 25.5 Å². The maximum atomic E-state index is 12.4. The predicted octanol–water partition coefficient (Wildman–Crippen LogP) is 3.58. The highest BCUT2D eigenvalue weighted by atomic mass is 16.6. The van der Waals surface area contributed by atoms with Crippen LogP contribution in [0, 0.1) is 12.8 Å². The van der Waals surface area contributed by atoms with Crippen molar-refractivity contribution in [2.24, 2.45) is 5.92 Å². The number of amides is 2. The van der Waals surface area contributed by atoms with Gasteiger partial charge in [-0.2, -0.15) is 0 Å². The molecule has 1 unspecified atom stereocenters. The number of unbranched alkanes of at least 4 members (excludes halogenated alkanes) is 1. The van der Waals surface area contributed by atoms with Crippen LogP contribution in [0.3, 0.4) is 0 Å². The second-order valence-electron chi connectivity index (χ2n) is 6.11. The van der Waals surface area contributed by atoms with Crippen LogP contribution in [0.1, 0.15) is 38.2 Å². The summed E-state index contributed by atoms with van der Waals surface area (Å²) in [5, 5.41) is 2.95. The van der Waals surface area contributed by atoms with E-state index in [2.05, 4.69) is 12.2 Å². The Morgan fingerprint density at radius 1 is 1.39 bits per heavy atom. The first-order valence-corrected chi connectivity index (χ1v) is 8.39. The molecule has 1 fully saturated rings. The summed E-state index contributed by atoms with van der Waals surface area (Å²) in [6.45, 7) is 5.60. The van der Waals surface area contributed by atoms with Crippen LogP contribution in [-0.2, 0) is 9.53 Å². The number of aryl methyl sites for hydroxylation is 1. The van der Waals surface area contributed by atoms with Gasteiger partial charge in [0.1, 0.15) is 0 Å². The van der Waals surface area contributed by atoms with Gasteiger partial charge in [-0.25, -0.2) is 4.79 Å². The van der Waals surface area contributed by atoms with E-state index in [4.69, 9.17) is 4.74 Å². The van der Waals surface area contributed by atoms with Crippen LogP contribution in [0.15, 0.2) is 24.3 Å². The second-order valence-corrected chi connectivity index (χ2v) is 6.11. The van der Waals surface area contributed by atoms with E-state index in [1.54, 1.807) is 4.90 Å². The lowest BCUT2D eigenvalue weighted by atomic mass is 9.97. The smallest absolute Gasteiger partial charge is 0.409 e. The van der Waals surface area contributed by atoms with Crippen LogP contribution in [0.5, 0.6) is 0 Å². The summed E-state index contributed by atoms with van der Waals surface area (Å²) < 4.78 is 5.24. The van der Waals surface area contributed by atoms with E-state index in [1.165, 1.54) is 0 Å². The van der Waals surface area contributed by atoms with Crippen LogP contribution >= 0.6 is 0 Å². The maximum Gasteiger partial charge on any atom is 0.409 e. The van der Waals surface area contributed by atoms with Gasteiger partial charge in [0.05, 0.1) is 12.5 Å². The van der Waals surface area contributed by atoms with Crippen molar-refractivity contribution in [2.75, 3.05) is 25.0 Å². The van der Waals surface area contributed by atoms with Gasteiger partial charge in [-0.05, 0) is 43.9 Å². The largest absolute Gasteiger partial charge is 0.449 e. The summed E-state index contributed by atoms with van der Waals surface area (Å²) in [5.74, 6) is -0.204. The van der Waals surface area contributed by atoms with Crippen molar-refractivity contribution in [2.45, 2.75) is 39.5 Å². The Kier molecular flexibility index (Phi) is 6.44. The number of benzene rings is 1. The van der Waals surface area contributed by atoms with Gasteiger partial charge in [0.15, 0.2) is 0 Å². The van der Waals surface area contributed by atoms with Gasteiger partial charge in [-0.3, -0.25) is 4.79 Å². The fraction of sp³-hybridized carbons (Fsp3) is 0.556. The molecule has 5 heteroatoms. The minimum Gasteiger partial charge on any atom is -0.449 e. The molecule has 1 aromatic carbocycles. The highest BCUT2D eigenvalue weighted by Gasteiger charge is 2.29. The Hall–Kier alpha value is -2.04. The lowest BCUT2D eigenvalue weighted by molar-refractivity contribution is -0.121. The molecule has 1 aliphatic heterocycles. The van der Waals surface area contributed by atoms with Gasteiger partial charge in [0.25, 0.3) is 0 Å². The number of likely N-dealkylation sites (tertiary alicyclic amines) is 1. The fourth-order valence-corrected chi connectivity index (χ4v) is 2.72. The number of anilines is 1. The lowest BCUT2D eigenvalue weighted by Gasteiger charge is -2.31. The minimum absolute atomic E-state index is 0.0262. The fourth-order valence-electron chi connectivity index (χ4n) is 2.72. The van der Waals surface area contributed by atoms with Crippen LogP contribution < -0.4 is 5.32 Å². The number of carbonyl (C=O) groups is 2. The number of nitrogens with one attached hydrogen (secondary N) is 1. The molecule has 0 bridgehead atoms. The zero-order valence-corrected chi connectivity index (χ0v) is 14.0. The summed E-state index contributed by atoms with van der Waals surface area (Å²) >= 11 is 0. The van der Waals surface area contributed by atoms with Crippen molar-refractivity contribution in [3.05, 3.63) is 29.8 Å². The van der Waals surface area contributed by atoms with E-state index in [-0.39, 0.29) is 17.9 Å². The first-order valence-electron chi connectivity index (χ1n) is 8.39. The van der Waals surface area contributed by atoms with Crippen molar-refractivity contribution < 1.29 is 14.3 Å². The molecule has 0 spiro atoms. The molecule has 1 aliphatic rings. The Labute approximate surface area is 138 Å². The molecule has 2 rings (SSSR count). The summed E-state index contributed by atoms with van der Waals surface area (Å²) in [6, 6.07) is 7.73. The third-order valence-corrected chi connectivity index (χ3v) is 4.06. The highest BCUT2D eigenvalue weighted by molar-refractivity contribution is 5.93. The molecule has 1 heterocycles. The van der Waals surface area contributed by atoms with Gasteiger partial charge < -0.3 is 15.0 Å². The Morgan fingerprint density at radius 3 is 2.96 bits per heavy atom. The Morgan fingerprint density at radius 2 is 2.22 bits per heavy atom. The molecule has 23 heavy (non-hydrogen) atoms. The molecule has 1 saturated heterocycles. The zero-order valence-electron chi connectivity index (χ0n) is 14.0. The summed E-state index contributed by atoms with van der Waals surface area (Å²) in [5.41, 5.74) is 1.91. The number of ether oxygens (including phenoxy) is 1. The number of carbonyl (C=O) groups excluding carboxylic acids is 2. The zero-order chi connectivity index (χ0) is 16.7. The quantitative estimate of drug-likeness (QED) is 0.844. The topological polar surface area (TPSA) is 58.6 Å². The third kappa shape index (κ3) is 5.27. The minimum atomic E-state index is -0.300. The molecule has 0 saturated carbocycles. The molecule has 0 aliphatic carbocycles. The molecular formula is C18H26N2O3. The molecule has 1 N–H and O–H groups in total. The van der Waals surface area contributed by atoms with Crippen LogP contribution in [-0.4, -0.2) is 36.6 Å². The average Bonchev–Trinajstić information content (AvgIpc) is 2.55. The van der Waals surface area contributed by atoms with Crippen molar-refractivity contribution in [1.82, 2.24) is 4.90 Å². The number of nitrogens with zero attached hydrogens (tertiary/aromatic N) is 1. The monoisotopic (exact) mass is 318 g/mol. The second kappa shape index (κ2) is 8.56. The van der Waals surface area contributed by atoms with Crippen LogP contribution in [0.2, 0.25) is 0 Å². The van der Waals surface area contributed by atoms with Crippen LogP contribution in [0.25, 0.3) is 0 Å². The SMILES string of the molecule is CCCCOC(=O)N1CCCC(C(=O)Nc2cccc(C)c2)C1. The van der Waals surface area contributed by atoms with Crippen molar-refractivity contribution in [3.63, 3.8) is 0 Å².